The Hall–Kier alpha value is -3.00. The van der Waals surface area contributed by atoms with Crippen molar-refractivity contribution in [3.8, 4) is 5.75 Å². The minimum atomic E-state index is 0. The number of ether oxygens (including phenoxy) is 2. The molecule has 0 unspecified atom stereocenters. The Kier molecular flexibility index (Phi) is 6.76. The lowest BCUT2D eigenvalue weighted by Gasteiger charge is -2.31. The molecule has 1 saturated carbocycles. The summed E-state index contributed by atoms with van der Waals surface area (Å²) in [4.78, 5) is 19.9. The number of morpholine rings is 1. The summed E-state index contributed by atoms with van der Waals surface area (Å²) in [6.07, 6.45) is 11.2. The van der Waals surface area contributed by atoms with Gasteiger partial charge in [0.25, 0.3) is 0 Å². The smallest absolute Gasteiger partial charge is 0.222 e. The van der Waals surface area contributed by atoms with Gasteiger partial charge in [0.15, 0.2) is 0 Å². The molecule has 0 spiro atoms. The van der Waals surface area contributed by atoms with E-state index >= 15 is 0 Å². The molecule has 1 N–H and O–H groups in total. The topological polar surface area (TPSA) is 85.3 Å². The third-order valence-corrected chi connectivity index (χ3v) is 5.77. The zero-order chi connectivity index (χ0) is 20.2. The maximum absolute atomic E-state index is 6.48. The summed E-state index contributed by atoms with van der Waals surface area (Å²) in [5, 5.41) is 3.43. The molecule has 164 valence electrons. The molecule has 2 aromatic heterocycles. The number of nitrogens with zero attached hydrogens (tertiary/aromatic N) is 5. The summed E-state index contributed by atoms with van der Waals surface area (Å²) in [7, 11) is 0. The monoisotopic (exact) mass is 422 g/mol. The van der Waals surface area contributed by atoms with Gasteiger partial charge in [0.2, 0.25) is 5.95 Å². The van der Waals surface area contributed by atoms with Crippen LogP contribution in [0.2, 0.25) is 0 Å². The van der Waals surface area contributed by atoms with Crippen molar-refractivity contribution in [2.75, 3.05) is 36.5 Å². The fourth-order valence-electron chi connectivity index (χ4n) is 4.18. The Labute approximate surface area is 183 Å². The number of rotatable bonds is 5. The van der Waals surface area contributed by atoms with Crippen LogP contribution < -0.4 is 15.0 Å². The van der Waals surface area contributed by atoms with Gasteiger partial charge in [0.1, 0.15) is 11.3 Å². The minimum absolute atomic E-state index is 0. The molecule has 0 radical (unpaired) electrons. The molecule has 0 atom stereocenters. The quantitative estimate of drug-likeness (QED) is 0.666. The van der Waals surface area contributed by atoms with E-state index in [1.165, 1.54) is 0 Å². The summed E-state index contributed by atoms with van der Waals surface area (Å²) in [6, 6.07) is 6.42. The Morgan fingerprint density at radius 3 is 2.42 bits per heavy atom. The first-order chi connectivity index (χ1) is 14.8. The number of nitrogens with one attached hydrogen (secondary N) is 1. The first-order valence-electron chi connectivity index (χ1n) is 10.6. The Balaban J connectivity index is 0.00000231. The maximum atomic E-state index is 6.48. The van der Waals surface area contributed by atoms with E-state index in [2.05, 4.69) is 42.3 Å². The zero-order valence-electron chi connectivity index (χ0n) is 16.9. The number of aromatic nitrogens is 4. The Bertz CT molecular complexity index is 972. The number of hydrogen-bond donors (Lipinski definition) is 1. The Morgan fingerprint density at radius 2 is 1.65 bits per heavy atom. The first kappa shape index (κ1) is 21.2. The highest BCUT2D eigenvalue weighted by atomic mass is 16.5. The molecule has 0 amide bonds. The van der Waals surface area contributed by atoms with E-state index in [1.807, 2.05) is 6.07 Å². The lowest BCUT2D eigenvalue weighted by molar-refractivity contribution is 0.122. The second-order valence-electron chi connectivity index (χ2n) is 7.78. The normalized spacial score (nSPS) is 21.4. The van der Waals surface area contributed by atoms with E-state index in [9.17, 15) is 0 Å². The fourth-order valence-corrected chi connectivity index (χ4v) is 4.18. The summed E-state index contributed by atoms with van der Waals surface area (Å²) < 4.78 is 12.0. The van der Waals surface area contributed by atoms with Gasteiger partial charge < -0.3 is 19.7 Å². The fraction of sp³-hybridized carbons (Fsp3) is 0.478. The first-order valence-corrected chi connectivity index (χ1v) is 10.6. The predicted octanol–water partition coefficient (Wildman–Crippen LogP) is 3.69. The van der Waals surface area contributed by atoms with E-state index in [-0.39, 0.29) is 13.5 Å². The van der Waals surface area contributed by atoms with Crippen molar-refractivity contribution in [3.05, 3.63) is 43.0 Å². The Morgan fingerprint density at radius 1 is 0.903 bits per heavy atom. The van der Waals surface area contributed by atoms with Gasteiger partial charge in [-0.1, -0.05) is 7.43 Å². The maximum Gasteiger partial charge on any atom is 0.222 e. The van der Waals surface area contributed by atoms with E-state index in [4.69, 9.17) is 9.47 Å². The summed E-state index contributed by atoms with van der Waals surface area (Å²) in [5.41, 5.74) is 2.82. The molecular formula is C23H30N6O2. The molecule has 1 saturated heterocycles. The van der Waals surface area contributed by atoms with Crippen LogP contribution in [0.4, 0.5) is 11.6 Å². The number of anilines is 2. The van der Waals surface area contributed by atoms with Gasteiger partial charge in [-0.05, 0) is 37.8 Å². The molecule has 1 aliphatic carbocycles. The molecule has 3 aromatic rings. The number of fused-ring (bicyclic) bond motifs is 1. The molecule has 1 aromatic carbocycles. The van der Waals surface area contributed by atoms with Crippen LogP contribution in [0.3, 0.4) is 0 Å². The van der Waals surface area contributed by atoms with Gasteiger partial charge >= 0.3 is 0 Å². The molecule has 8 nitrogen and oxygen atoms in total. The van der Waals surface area contributed by atoms with Gasteiger partial charge in [-0.15, -0.1) is 0 Å². The predicted molar refractivity (Wildman–Crippen MR) is 122 cm³/mol. The molecule has 31 heavy (non-hydrogen) atoms. The number of hydrogen-bond acceptors (Lipinski definition) is 8. The van der Waals surface area contributed by atoms with Gasteiger partial charge in [-0.25, -0.2) is 15.0 Å². The van der Waals surface area contributed by atoms with Crippen molar-refractivity contribution in [1.29, 1.82) is 0 Å². The van der Waals surface area contributed by atoms with Crippen molar-refractivity contribution in [2.45, 2.75) is 45.3 Å². The van der Waals surface area contributed by atoms with Crippen LogP contribution in [0.5, 0.6) is 5.75 Å². The van der Waals surface area contributed by atoms with E-state index in [0.29, 0.717) is 12.0 Å². The highest BCUT2D eigenvalue weighted by Crippen LogP contribution is 2.33. The molecular weight excluding hydrogens is 392 g/mol. The number of benzene rings is 1. The lowest BCUT2D eigenvalue weighted by Crippen LogP contribution is -2.36. The standard InChI is InChI=1S/C22H26N6O2.CH4/c1-6-25-22(26-7-1)27-16-2-4-18(5-3-16)30-20-15-17(28-10-12-29-13-11-28)14-19-21(20)24-9-8-23-19;/h1,6-9,14-16,18H,2-5,10-13H2,(H,25,26,27);1H4. The third-order valence-electron chi connectivity index (χ3n) is 5.77. The molecule has 3 heterocycles. The molecule has 1 aliphatic heterocycles. The van der Waals surface area contributed by atoms with Crippen LogP contribution in [0.25, 0.3) is 11.0 Å². The van der Waals surface area contributed by atoms with Gasteiger partial charge in [-0.2, -0.15) is 0 Å². The highest BCUT2D eigenvalue weighted by Gasteiger charge is 2.24. The largest absolute Gasteiger partial charge is 0.488 e. The average Bonchev–Trinajstić information content (AvgIpc) is 2.81. The van der Waals surface area contributed by atoms with E-state index < -0.39 is 0 Å². The minimum Gasteiger partial charge on any atom is -0.488 e. The molecule has 2 fully saturated rings. The van der Waals surface area contributed by atoms with Crippen LogP contribution in [-0.4, -0.2) is 58.4 Å². The molecule has 5 rings (SSSR count). The highest BCUT2D eigenvalue weighted by molar-refractivity contribution is 5.85. The summed E-state index contributed by atoms with van der Waals surface area (Å²) >= 11 is 0. The van der Waals surface area contributed by atoms with Crippen molar-refractivity contribution in [3.63, 3.8) is 0 Å². The van der Waals surface area contributed by atoms with Crippen molar-refractivity contribution in [1.82, 2.24) is 19.9 Å². The summed E-state index contributed by atoms with van der Waals surface area (Å²) in [5.74, 6) is 1.52. The molecule has 2 aliphatic rings. The van der Waals surface area contributed by atoms with Crippen LogP contribution in [-0.2, 0) is 4.74 Å². The van der Waals surface area contributed by atoms with Gasteiger partial charge in [0.05, 0.1) is 24.8 Å². The van der Waals surface area contributed by atoms with Gasteiger partial charge in [-0.3, -0.25) is 4.98 Å². The second kappa shape index (κ2) is 9.87. The van der Waals surface area contributed by atoms with Crippen molar-refractivity contribution in [2.24, 2.45) is 0 Å². The van der Waals surface area contributed by atoms with E-state index in [0.717, 1.165) is 74.5 Å². The molecule has 8 heteroatoms. The van der Waals surface area contributed by atoms with Crippen molar-refractivity contribution < 1.29 is 9.47 Å². The third kappa shape index (κ3) is 5.02. The van der Waals surface area contributed by atoms with E-state index in [1.54, 1.807) is 24.8 Å². The van der Waals surface area contributed by atoms with Gasteiger partial charge in [0, 0.05) is 55.7 Å². The average molecular weight is 423 g/mol. The van der Waals surface area contributed by atoms with Crippen LogP contribution in [0, 0.1) is 0 Å². The lowest BCUT2D eigenvalue weighted by atomic mass is 9.93. The summed E-state index contributed by atoms with van der Waals surface area (Å²) in [6.45, 7) is 3.25. The van der Waals surface area contributed by atoms with Crippen LogP contribution >= 0.6 is 0 Å². The SMILES string of the molecule is C.c1cnc(NC2CCC(Oc3cc(N4CCOCC4)cc4nccnc34)CC2)nc1. The zero-order valence-corrected chi connectivity index (χ0v) is 16.9. The van der Waals surface area contributed by atoms with Crippen LogP contribution in [0.1, 0.15) is 33.1 Å². The second-order valence-corrected chi connectivity index (χ2v) is 7.78. The molecule has 0 bridgehead atoms. The van der Waals surface area contributed by atoms with Crippen LogP contribution in [0.15, 0.2) is 43.0 Å². The van der Waals surface area contributed by atoms with Crippen molar-refractivity contribution >= 4 is 22.7 Å².